The normalized spacial score (nSPS) is 36.5. The molecule has 0 aliphatic carbocycles. The number of aliphatic hydroxyl groups is 1. The first-order valence-electron chi connectivity index (χ1n) is 5.64. The Morgan fingerprint density at radius 1 is 1.27 bits per heavy atom. The van der Waals surface area contributed by atoms with Crippen LogP contribution in [0.15, 0.2) is 30.3 Å². The van der Waals surface area contributed by atoms with Crippen molar-refractivity contribution in [3.05, 3.63) is 35.9 Å². The van der Waals surface area contributed by atoms with Gasteiger partial charge in [-0.2, -0.15) is 0 Å². The van der Waals surface area contributed by atoms with E-state index in [9.17, 15) is 5.11 Å². The van der Waals surface area contributed by atoms with Crippen molar-refractivity contribution in [1.82, 2.24) is 5.32 Å². The van der Waals surface area contributed by atoms with E-state index in [1.807, 2.05) is 30.3 Å². The molecule has 1 aliphatic rings. The van der Waals surface area contributed by atoms with Gasteiger partial charge in [0.15, 0.2) is 0 Å². The van der Waals surface area contributed by atoms with Crippen molar-refractivity contribution in [2.24, 2.45) is 5.92 Å². The Labute approximate surface area is 91.3 Å². The van der Waals surface area contributed by atoms with Gasteiger partial charge in [-0.05, 0) is 18.9 Å². The minimum absolute atomic E-state index is 0.260. The van der Waals surface area contributed by atoms with Crippen LogP contribution in [0.25, 0.3) is 0 Å². The lowest BCUT2D eigenvalue weighted by Crippen LogP contribution is -2.50. The zero-order valence-electron chi connectivity index (χ0n) is 9.40. The molecule has 1 aromatic rings. The van der Waals surface area contributed by atoms with Gasteiger partial charge in [0.05, 0.1) is 5.60 Å². The third-order valence-electron chi connectivity index (χ3n) is 3.48. The second kappa shape index (κ2) is 3.95. The van der Waals surface area contributed by atoms with E-state index in [0.717, 1.165) is 18.5 Å². The molecule has 15 heavy (non-hydrogen) atoms. The minimum Gasteiger partial charge on any atom is -0.385 e. The highest BCUT2D eigenvalue weighted by atomic mass is 16.3. The lowest BCUT2D eigenvalue weighted by atomic mass is 9.75. The van der Waals surface area contributed by atoms with Crippen LogP contribution in [0.3, 0.4) is 0 Å². The van der Waals surface area contributed by atoms with Crippen LogP contribution in [0.4, 0.5) is 0 Å². The Morgan fingerprint density at radius 2 is 1.93 bits per heavy atom. The van der Waals surface area contributed by atoms with E-state index >= 15 is 0 Å². The number of hydrogen-bond acceptors (Lipinski definition) is 2. The molecule has 0 unspecified atom stereocenters. The molecule has 1 saturated heterocycles. The molecule has 3 atom stereocenters. The molecule has 82 valence electrons. The zero-order valence-corrected chi connectivity index (χ0v) is 9.40. The summed E-state index contributed by atoms with van der Waals surface area (Å²) in [7, 11) is 0. The molecular formula is C13H19NO. The zero-order chi connectivity index (χ0) is 10.9. The van der Waals surface area contributed by atoms with Crippen LogP contribution in [-0.4, -0.2) is 17.7 Å². The number of piperidine rings is 1. The summed E-state index contributed by atoms with van der Waals surface area (Å²) in [5.41, 5.74) is 0.386. The maximum atomic E-state index is 10.7. The SMILES string of the molecule is C[C@H]1C[C@@](O)(c2ccccc2)[C@@H](C)CN1. The Bertz CT molecular complexity index is 325. The second-order valence-electron chi connectivity index (χ2n) is 4.70. The van der Waals surface area contributed by atoms with Gasteiger partial charge < -0.3 is 10.4 Å². The lowest BCUT2D eigenvalue weighted by Gasteiger charge is -2.42. The minimum atomic E-state index is -0.661. The summed E-state index contributed by atoms with van der Waals surface area (Å²) >= 11 is 0. The number of nitrogens with one attached hydrogen (secondary N) is 1. The third kappa shape index (κ3) is 1.92. The predicted octanol–water partition coefficient (Wildman–Crippen LogP) is 1.89. The smallest absolute Gasteiger partial charge is 0.0948 e. The topological polar surface area (TPSA) is 32.3 Å². The van der Waals surface area contributed by atoms with Gasteiger partial charge in [0.1, 0.15) is 0 Å². The average Bonchev–Trinajstić information content (AvgIpc) is 2.25. The molecule has 1 aliphatic heterocycles. The van der Waals surface area contributed by atoms with Crippen molar-refractivity contribution in [2.75, 3.05) is 6.54 Å². The van der Waals surface area contributed by atoms with Crippen molar-refractivity contribution in [3.63, 3.8) is 0 Å². The Hall–Kier alpha value is -0.860. The van der Waals surface area contributed by atoms with Gasteiger partial charge in [-0.3, -0.25) is 0 Å². The van der Waals surface area contributed by atoms with Gasteiger partial charge in [-0.15, -0.1) is 0 Å². The first kappa shape index (κ1) is 10.7. The molecule has 2 heteroatoms. The van der Waals surface area contributed by atoms with Gasteiger partial charge in [0.2, 0.25) is 0 Å². The molecule has 0 spiro atoms. The third-order valence-corrected chi connectivity index (χ3v) is 3.48. The predicted molar refractivity (Wildman–Crippen MR) is 61.6 cm³/mol. The van der Waals surface area contributed by atoms with Crippen molar-refractivity contribution < 1.29 is 5.11 Å². The van der Waals surface area contributed by atoms with E-state index in [4.69, 9.17) is 0 Å². The molecule has 2 N–H and O–H groups in total. The molecule has 0 aromatic heterocycles. The molecule has 0 amide bonds. The summed E-state index contributed by atoms with van der Waals surface area (Å²) < 4.78 is 0. The second-order valence-corrected chi connectivity index (χ2v) is 4.70. The van der Waals surface area contributed by atoms with Gasteiger partial charge >= 0.3 is 0 Å². The van der Waals surface area contributed by atoms with Crippen LogP contribution in [0.2, 0.25) is 0 Å². The number of benzene rings is 1. The van der Waals surface area contributed by atoms with Crippen molar-refractivity contribution in [1.29, 1.82) is 0 Å². The fourth-order valence-corrected chi connectivity index (χ4v) is 2.42. The summed E-state index contributed by atoms with van der Waals surface area (Å²) in [6, 6.07) is 10.4. The molecule has 1 fully saturated rings. The van der Waals surface area contributed by atoms with Gasteiger partial charge in [0.25, 0.3) is 0 Å². The lowest BCUT2D eigenvalue weighted by molar-refractivity contribution is -0.0507. The number of hydrogen-bond donors (Lipinski definition) is 2. The molecule has 0 radical (unpaired) electrons. The standard InChI is InChI=1S/C13H19NO/c1-10-9-14-11(2)8-13(10,15)12-6-4-3-5-7-12/h3-7,10-11,14-15H,8-9H2,1-2H3/t10-,11-,13-/m0/s1. The van der Waals surface area contributed by atoms with Crippen LogP contribution in [-0.2, 0) is 5.60 Å². The summed E-state index contributed by atoms with van der Waals surface area (Å²) in [6.45, 7) is 5.11. The first-order valence-corrected chi connectivity index (χ1v) is 5.64. The maximum absolute atomic E-state index is 10.7. The average molecular weight is 205 g/mol. The van der Waals surface area contributed by atoms with Crippen molar-refractivity contribution in [3.8, 4) is 0 Å². The van der Waals surface area contributed by atoms with Gasteiger partial charge in [-0.1, -0.05) is 37.3 Å². The van der Waals surface area contributed by atoms with E-state index in [-0.39, 0.29) is 5.92 Å². The Morgan fingerprint density at radius 3 is 2.60 bits per heavy atom. The monoisotopic (exact) mass is 205 g/mol. The fraction of sp³-hybridized carbons (Fsp3) is 0.538. The first-order chi connectivity index (χ1) is 7.13. The number of rotatable bonds is 1. The van der Waals surface area contributed by atoms with Crippen molar-refractivity contribution in [2.45, 2.75) is 31.9 Å². The van der Waals surface area contributed by atoms with Crippen LogP contribution < -0.4 is 5.32 Å². The Kier molecular flexibility index (Phi) is 2.81. The van der Waals surface area contributed by atoms with Crippen LogP contribution in [0, 0.1) is 5.92 Å². The highest BCUT2D eigenvalue weighted by molar-refractivity contribution is 5.24. The molecule has 1 heterocycles. The molecule has 0 saturated carbocycles. The quantitative estimate of drug-likeness (QED) is 0.734. The molecule has 0 bridgehead atoms. The molecular weight excluding hydrogens is 186 g/mol. The van der Waals surface area contributed by atoms with E-state index in [0.29, 0.717) is 6.04 Å². The fourth-order valence-electron chi connectivity index (χ4n) is 2.42. The largest absolute Gasteiger partial charge is 0.385 e. The Balaban J connectivity index is 2.31. The van der Waals surface area contributed by atoms with Crippen molar-refractivity contribution >= 4 is 0 Å². The molecule has 2 rings (SSSR count). The highest BCUT2D eigenvalue weighted by Gasteiger charge is 2.39. The van der Waals surface area contributed by atoms with Gasteiger partial charge in [-0.25, -0.2) is 0 Å². The molecule has 2 nitrogen and oxygen atoms in total. The maximum Gasteiger partial charge on any atom is 0.0948 e. The summed E-state index contributed by atoms with van der Waals surface area (Å²) in [5, 5.41) is 14.1. The summed E-state index contributed by atoms with van der Waals surface area (Å²) in [6.07, 6.45) is 0.790. The van der Waals surface area contributed by atoms with E-state index in [1.54, 1.807) is 0 Å². The van der Waals surface area contributed by atoms with Gasteiger partial charge in [0, 0.05) is 18.5 Å². The van der Waals surface area contributed by atoms with Crippen LogP contribution >= 0.6 is 0 Å². The molecule has 1 aromatic carbocycles. The van der Waals surface area contributed by atoms with E-state index in [2.05, 4.69) is 19.2 Å². The summed E-state index contributed by atoms with van der Waals surface area (Å²) in [5.74, 6) is 0.260. The summed E-state index contributed by atoms with van der Waals surface area (Å²) in [4.78, 5) is 0. The van der Waals surface area contributed by atoms with E-state index < -0.39 is 5.60 Å². The van der Waals surface area contributed by atoms with Crippen LogP contribution in [0.5, 0.6) is 0 Å². The van der Waals surface area contributed by atoms with E-state index in [1.165, 1.54) is 0 Å². The highest BCUT2D eigenvalue weighted by Crippen LogP contribution is 2.36. The van der Waals surface area contributed by atoms with Crippen LogP contribution in [0.1, 0.15) is 25.8 Å².